The van der Waals surface area contributed by atoms with Crippen LogP contribution in [0.15, 0.2) is 78.1 Å². The summed E-state index contributed by atoms with van der Waals surface area (Å²) < 4.78 is 11.2. The number of anilines is 1. The van der Waals surface area contributed by atoms with Gasteiger partial charge in [0.2, 0.25) is 0 Å². The van der Waals surface area contributed by atoms with E-state index < -0.39 is 11.9 Å². The van der Waals surface area contributed by atoms with Gasteiger partial charge in [0, 0.05) is 54.3 Å². The second kappa shape index (κ2) is 9.65. The second-order valence-corrected chi connectivity index (χ2v) is 11.1. The van der Waals surface area contributed by atoms with Crippen molar-refractivity contribution in [2.24, 2.45) is 7.05 Å². The zero-order valence-electron chi connectivity index (χ0n) is 23.9. The number of ether oxygens (including phenoxy) is 1. The van der Waals surface area contributed by atoms with E-state index >= 15 is 0 Å². The number of carbonyl (C=O) groups excluding carboxylic acids is 1. The molecule has 3 atom stereocenters. The number of rotatable bonds is 4. The molecule has 9 rings (SSSR count). The molecule has 3 aliphatic rings. The maximum atomic E-state index is 14.7. The third-order valence-corrected chi connectivity index (χ3v) is 8.33. The molecule has 6 heterocycles. The highest BCUT2D eigenvalue weighted by molar-refractivity contribution is 6.04. The number of carbonyl (C=O) groups is 1. The first-order valence-electron chi connectivity index (χ1n) is 14.3. The fraction of sp³-hybridized carbons (Fsp3) is 0.182. The average Bonchev–Trinajstić information content (AvgIpc) is 3.58. The number of aromatic nitrogens is 6. The quantitative estimate of drug-likeness (QED) is 0.302. The average molecular weight is 583 g/mol. The molecule has 0 radical (unpaired) electrons. The summed E-state index contributed by atoms with van der Waals surface area (Å²) in [5.74, 6) is 6.02. The molecule has 1 saturated heterocycles. The lowest BCUT2D eigenvalue weighted by Crippen LogP contribution is -2.38. The predicted molar refractivity (Wildman–Crippen MR) is 163 cm³/mol. The molecule has 6 aromatic rings. The van der Waals surface area contributed by atoms with Crippen LogP contribution < -0.4 is 16.6 Å². The first-order valence-corrected chi connectivity index (χ1v) is 14.3. The van der Waals surface area contributed by atoms with Gasteiger partial charge in [-0.15, -0.1) is 5.10 Å². The molecule has 0 spiro atoms. The molecule has 1 amide bonds. The number of hydrogen-bond donors (Lipinski definition) is 2. The standard InChI is InChI=1S/C33H26N8O3/c1-18(37-32(42)28-30(34)38-40-14-6-13-35-31(28)40)29-27-24-15-23(44-24)22-12-11-20(10-9-19-16-36-39(2)17-19)25(26(22)27)33(43)41(29)21-7-4-3-5-8-21/h3-8,11-14,16-18,23-24H,15H2,1-2H3,(H2,34,38)(H,37,42)/t18-,23?,24?/m0/s1. The molecule has 2 aromatic carbocycles. The number of nitrogen functional groups attached to an aromatic ring is 1. The molecular formula is C33H26N8O3. The maximum absolute atomic E-state index is 14.7. The van der Waals surface area contributed by atoms with Gasteiger partial charge in [0.1, 0.15) is 5.56 Å². The molecule has 11 nitrogen and oxygen atoms in total. The first kappa shape index (κ1) is 25.9. The van der Waals surface area contributed by atoms with Crippen LogP contribution in [0.4, 0.5) is 5.82 Å². The van der Waals surface area contributed by atoms with Crippen LogP contribution in [0.3, 0.4) is 0 Å². The Morgan fingerprint density at radius 3 is 2.70 bits per heavy atom. The van der Waals surface area contributed by atoms with E-state index in [1.165, 1.54) is 4.52 Å². The van der Waals surface area contributed by atoms with Gasteiger partial charge in [0.15, 0.2) is 11.5 Å². The number of nitrogens with zero attached hydrogens (tertiary/aromatic N) is 6. The lowest BCUT2D eigenvalue weighted by atomic mass is 9.78. The lowest BCUT2D eigenvalue weighted by molar-refractivity contribution is -0.135. The molecule has 2 bridgehead atoms. The summed E-state index contributed by atoms with van der Waals surface area (Å²) >= 11 is 0. The number of pyridine rings is 1. The summed E-state index contributed by atoms with van der Waals surface area (Å²) in [5, 5.41) is 12.9. The molecule has 11 heteroatoms. The summed E-state index contributed by atoms with van der Waals surface area (Å²) in [6, 6.07) is 14.4. The second-order valence-electron chi connectivity index (χ2n) is 11.1. The first-order chi connectivity index (χ1) is 21.4. The highest BCUT2D eigenvalue weighted by Crippen LogP contribution is 2.55. The number of benzene rings is 2. The van der Waals surface area contributed by atoms with Gasteiger partial charge in [-0.25, -0.2) is 9.50 Å². The van der Waals surface area contributed by atoms with Gasteiger partial charge < -0.3 is 15.8 Å². The third-order valence-electron chi connectivity index (χ3n) is 8.33. The Morgan fingerprint density at radius 1 is 1.11 bits per heavy atom. The van der Waals surface area contributed by atoms with E-state index in [0.717, 1.165) is 28.5 Å². The minimum absolute atomic E-state index is 0.0676. The van der Waals surface area contributed by atoms with Crippen LogP contribution in [0.5, 0.6) is 0 Å². The normalized spacial score (nSPS) is 17.1. The predicted octanol–water partition coefficient (Wildman–Crippen LogP) is 3.76. The fourth-order valence-corrected chi connectivity index (χ4v) is 6.41. The van der Waals surface area contributed by atoms with Crippen LogP contribution in [0.1, 0.15) is 69.9 Å². The molecule has 2 aliphatic heterocycles. The van der Waals surface area contributed by atoms with Crippen molar-refractivity contribution in [1.29, 1.82) is 0 Å². The molecule has 2 unspecified atom stereocenters. The number of amides is 1. The number of aryl methyl sites for hydroxylation is 1. The Morgan fingerprint density at radius 2 is 1.93 bits per heavy atom. The largest absolute Gasteiger partial charge is 0.381 e. The Labute approximate surface area is 250 Å². The number of nitrogens with one attached hydrogen (secondary N) is 1. The fourth-order valence-electron chi connectivity index (χ4n) is 6.41. The number of nitrogens with two attached hydrogens (primary N) is 1. The van der Waals surface area contributed by atoms with Gasteiger partial charge in [-0.05, 0) is 36.8 Å². The molecular weight excluding hydrogens is 556 g/mol. The van der Waals surface area contributed by atoms with Crippen molar-refractivity contribution in [2.75, 3.05) is 5.73 Å². The van der Waals surface area contributed by atoms with Gasteiger partial charge in [0.05, 0.1) is 41.1 Å². The highest BCUT2D eigenvalue weighted by Gasteiger charge is 2.44. The summed E-state index contributed by atoms with van der Waals surface area (Å²) in [4.78, 5) is 32.7. The van der Waals surface area contributed by atoms with Crippen molar-refractivity contribution >= 4 is 28.1 Å². The van der Waals surface area contributed by atoms with Gasteiger partial charge in [-0.3, -0.25) is 18.8 Å². The van der Waals surface area contributed by atoms with Crippen molar-refractivity contribution in [3.8, 4) is 17.5 Å². The number of para-hydroxylation sites is 1. The van der Waals surface area contributed by atoms with E-state index in [1.807, 2.05) is 62.6 Å². The smallest absolute Gasteiger partial charge is 0.264 e. The van der Waals surface area contributed by atoms with E-state index in [-0.39, 0.29) is 29.1 Å². The third kappa shape index (κ3) is 3.85. The van der Waals surface area contributed by atoms with Crippen LogP contribution in [0, 0.1) is 11.8 Å². The summed E-state index contributed by atoms with van der Waals surface area (Å²) in [5.41, 5.74) is 11.0. The molecule has 1 aliphatic carbocycles. The van der Waals surface area contributed by atoms with E-state index in [0.29, 0.717) is 28.0 Å². The van der Waals surface area contributed by atoms with Crippen LogP contribution in [0.2, 0.25) is 0 Å². The van der Waals surface area contributed by atoms with Crippen molar-refractivity contribution in [3.05, 3.63) is 117 Å². The van der Waals surface area contributed by atoms with Crippen molar-refractivity contribution in [3.63, 3.8) is 0 Å². The lowest BCUT2D eigenvalue weighted by Gasteiger charge is -2.44. The molecule has 216 valence electrons. The van der Waals surface area contributed by atoms with Crippen LogP contribution in [0.25, 0.3) is 22.1 Å². The zero-order valence-corrected chi connectivity index (χ0v) is 23.9. The minimum atomic E-state index is -0.619. The molecule has 44 heavy (non-hydrogen) atoms. The van der Waals surface area contributed by atoms with E-state index in [1.54, 1.807) is 33.9 Å². The number of hydrogen-bond acceptors (Lipinski definition) is 7. The minimum Gasteiger partial charge on any atom is -0.381 e. The summed E-state index contributed by atoms with van der Waals surface area (Å²) in [7, 11) is 1.83. The molecule has 1 fully saturated rings. The van der Waals surface area contributed by atoms with E-state index in [2.05, 4.69) is 32.3 Å². The van der Waals surface area contributed by atoms with E-state index in [4.69, 9.17) is 10.5 Å². The van der Waals surface area contributed by atoms with Gasteiger partial charge in [0.25, 0.3) is 11.5 Å². The molecule has 0 saturated carbocycles. The monoisotopic (exact) mass is 582 g/mol. The Balaban J connectivity index is 1.35. The Hall–Kier alpha value is -5.73. The zero-order chi connectivity index (χ0) is 30.1. The van der Waals surface area contributed by atoms with Crippen LogP contribution in [-0.4, -0.2) is 34.9 Å². The Kier molecular flexibility index (Phi) is 5.69. The summed E-state index contributed by atoms with van der Waals surface area (Å²) in [6.07, 6.45) is 7.25. The SMILES string of the molecule is C[C@H](NC(=O)c1c(N)nn2cccnc12)c1c2c3c(ccc(C#Cc4cnn(C)c4)c3c(=O)n1-c1ccccc1)C1CC2O1. The van der Waals surface area contributed by atoms with Gasteiger partial charge in [-0.2, -0.15) is 5.10 Å². The highest BCUT2D eigenvalue weighted by atomic mass is 16.5. The van der Waals surface area contributed by atoms with Crippen molar-refractivity contribution in [2.45, 2.75) is 31.6 Å². The number of fused-ring (bicyclic) bond motifs is 1. The van der Waals surface area contributed by atoms with Gasteiger partial charge >= 0.3 is 0 Å². The Bertz CT molecular complexity index is 2270. The van der Waals surface area contributed by atoms with Crippen LogP contribution in [-0.2, 0) is 11.8 Å². The van der Waals surface area contributed by atoms with Crippen molar-refractivity contribution in [1.82, 2.24) is 34.3 Å². The van der Waals surface area contributed by atoms with Crippen molar-refractivity contribution < 1.29 is 9.53 Å². The van der Waals surface area contributed by atoms with Crippen LogP contribution >= 0.6 is 0 Å². The molecule has 3 N–H and O–H groups in total. The molecule has 4 aromatic heterocycles. The summed E-state index contributed by atoms with van der Waals surface area (Å²) in [6.45, 7) is 1.86. The van der Waals surface area contributed by atoms with E-state index in [9.17, 15) is 9.59 Å². The maximum Gasteiger partial charge on any atom is 0.264 e. The topological polar surface area (TPSA) is 134 Å². The van der Waals surface area contributed by atoms with Gasteiger partial charge in [-0.1, -0.05) is 36.1 Å².